The predicted octanol–water partition coefficient (Wildman–Crippen LogP) is 2.54. The summed E-state index contributed by atoms with van der Waals surface area (Å²) in [6.45, 7) is 5.45. The van der Waals surface area contributed by atoms with Gasteiger partial charge in [0.1, 0.15) is 6.54 Å². The molecule has 1 amide bonds. The predicted molar refractivity (Wildman–Crippen MR) is 110 cm³/mol. The molecule has 0 fully saturated rings. The standard InChI is InChI=1S/C21H20N6O2/c1-13-11-18(16-6-4-5-7-17(16)22-13)23-20(28)12-26-21(29)9-8-19(25-26)27-15(3)10-14(2)24-27/h4-11H,12H2,1-3H3,(H,22,23,28). The minimum atomic E-state index is -0.360. The molecular formula is C21H20N6O2. The number of aryl methyl sites for hydroxylation is 3. The molecule has 0 unspecified atom stereocenters. The van der Waals surface area contributed by atoms with Gasteiger partial charge in [-0.2, -0.15) is 5.10 Å². The SMILES string of the molecule is Cc1cc(NC(=O)Cn2nc(-n3nc(C)cc3C)ccc2=O)c2ccccc2n1. The van der Waals surface area contributed by atoms with E-state index in [-0.39, 0.29) is 18.0 Å². The number of nitrogens with one attached hydrogen (secondary N) is 1. The molecule has 0 bridgehead atoms. The number of para-hydroxylation sites is 1. The van der Waals surface area contributed by atoms with Crippen LogP contribution in [0.15, 0.2) is 53.3 Å². The lowest BCUT2D eigenvalue weighted by Crippen LogP contribution is -2.30. The van der Waals surface area contributed by atoms with E-state index in [0.29, 0.717) is 11.5 Å². The zero-order chi connectivity index (χ0) is 20.5. The number of hydrogen-bond acceptors (Lipinski definition) is 5. The zero-order valence-corrected chi connectivity index (χ0v) is 16.4. The number of rotatable bonds is 4. The number of amides is 1. The van der Waals surface area contributed by atoms with Gasteiger partial charge in [-0.25, -0.2) is 9.36 Å². The van der Waals surface area contributed by atoms with E-state index in [0.717, 1.165) is 32.7 Å². The minimum Gasteiger partial charge on any atom is -0.324 e. The summed E-state index contributed by atoms with van der Waals surface area (Å²) in [5.41, 5.74) is 3.62. The van der Waals surface area contributed by atoms with Crippen molar-refractivity contribution in [3.8, 4) is 5.82 Å². The summed E-state index contributed by atoms with van der Waals surface area (Å²) < 4.78 is 2.78. The quantitative estimate of drug-likeness (QED) is 0.580. The van der Waals surface area contributed by atoms with Crippen LogP contribution in [0.4, 0.5) is 5.69 Å². The largest absolute Gasteiger partial charge is 0.324 e. The molecular weight excluding hydrogens is 368 g/mol. The van der Waals surface area contributed by atoms with Crippen molar-refractivity contribution in [2.45, 2.75) is 27.3 Å². The molecule has 146 valence electrons. The van der Waals surface area contributed by atoms with Crippen molar-refractivity contribution in [3.63, 3.8) is 0 Å². The van der Waals surface area contributed by atoms with Crippen molar-refractivity contribution in [1.82, 2.24) is 24.5 Å². The first-order valence-corrected chi connectivity index (χ1v) is 9.19. The lowest BCUT2D eigenvalue weighted by Gasteiger charge is -2.11. The molecule has 1 N–H and O–H groups in total. The van der Waals surface area contributed by atoms with Gasteiger partial charge in [0.2, 0.25) is 5.91 Å². The van der Waals surface area contributed by atoms with Gasteiger partial charge in [-0.15, -0.1) is 5.10 Å². The molecule has 0 aliphatic heterocycles. The maximum atomic E-state index is 12.7. The number of fused-ring (bicyclic) bond motifs is 1. The second kappa shape index (κ2) is 7.31. The molecule has 8 nitrogen and oxygen atoms in total. The molecule has 0 saturated carbocycles. The molecule has 3 aromatic heterocycles. The Morgan fingerprint density at radius 2 is 1.79 bits per heavy atom. The van der Waals surface area contributed by atoms with Crippen LogP contribution < -0.4 is 10.9 Å². The second-order valence-electron chi connectivity index (χ2n) is 6.90. The monoisotopic (exact) mass is 388 g/mol. The molecule has 0 aliphatic rings. The van der Waals surface area contributed by atoms with E-state index in [1.807, 2.05) is 57.2 Å². The average Bonchev–Trinajstić information content (AvgIpc) is 3.01. The van der Waals surface area contributed by atoms with Gasteiger partial charge < -0.3 is 5.32 Å². The molecule has 0 spiro atoms. The van der Waals surface area contributed by atoms with E-state index < -0.39 is 0 Å². The topological polar surface area (TPSA) is 94.7 Å². The Bertz CT molecular complexity index is 1290. The number of benzene rings is 1. The number of anilines is 1. The maximum absolute atomic E-state index is 12.7. The van der Waals surface area contributed by atoms with Gasteiger partial charge in [0.05, 0.1) is 16.9 Å². The summed E-state index contributed by atoms with van der Waals surface area (Å²) in [7, 11) is 0. The summed E-state index contributed by atoms with van der Waals surface area (Å²) >= 11 is 0. The Labute approximate surface area is 166 Å². The van der Waals surface area contributed by atoms with E-state index >= 15 is 0 Å². The van der Waals surface area contributed by atoms with Crippen LogP contribution in [0.3, 0.4) is 0 Å². The van der Waals surface area contributed by atoms with Gasteiger partial charge in [0, 0.05) is 22.8 Å². The van der Waals surface area contributed by atoms with Gasteiger partial charge >= 0.3 is 0 Å². The van der Waals surface area contributed by atoms with E-state index in [2.05, 4.69) is 20.5 Å². The first-order valence-electron chi connectivity index (χ1n) is 9.19. The molecule has 4 aromatic rings. The van der Waals surface area contributed by atoms with Crippen LogP contribution in [-0.4, -0.2) is 30.5 Å². The molecule has 0 radical (unpaired) electrons. The number of hydrogen-bond donors (Lipinski definition) is 1. The molecule has 0 atom stereocenters. The third-order valence-electron chi connectivity index (χ3n) is 4.49. The number of carbonyl (C=O) groups is 1. The number of pyridine rings is 1. The average molecular weight is 388 g/mol. The molecule has 29 heavy (non-hydrogen) atoms. The van der Waals surface area contributed by atoms with Crippen molar-refractivity contribution in [3.05, 3.63) is 76.0 Å². The summed E-state index contributed by atoms with van der Waals surface area (Å²) in [6, 6.07) is 14.3. The third-order valence-corrected chi connectivity index (χ3v) is 4.49. The number of aromatic nitrogens is 5. The van der Waals surface area contributed by atoms with Crippen molar-refractivity contribution in [1.29, 1.82) is 0 Å². The third kappa shape index (κ3) is 3.77. The van der Waals surface area contributed by atoms with Gasteiger partial charge in [0.15, 0.2) is 5.82 Å². The van der Waals surface area contributed by atoms with Crippen LogP contribution in [0.2, 0.25) is 0 Å². The fourth-order valence-corrected chi connectivity index (χ4v) is 3.26. The van der Waals surface area contributed by atoms with Crippen molar-refractivity contribution in [2.75, 3.05) is 5.32 Å². The highest BCUT2D eigenvalue weighted by Gasteiger charge is 2.12. The minimum absolute atomic E-state index is 0.207. The summed E-state index contributed by atoms with van der Waals surface area (Å²) in [5, 5.41) is 12.4. The maximum Gasteiger partial charge on any atom is 0.267 e. The Kier molecular flexibility index (Phi) is 4.67. The number of nitrogens with zero attached hydrogens (tertiary/aromatic N) is 5. The van der Waals surface area contributed by atoms with Crippen LogP contribution >= 0.6 is 0 Å². The van der Waals surface area contributed by atoms with Gasteiger partial charge in [-0.3, -0.25) is 14.6 Å². The van der Waals surface area contributed by atoms with Crippen LogP contribution in [0.5, 0.6) is 0 Å². The Morgan fingerprint density at radius 3 is 2.55 bits per heavy atom. The van der Waals surface area contributed by atoms with Crippen LogP contribution in [0.25, 0.3) is 16.7 Å². The van der Waals surface area contributed by atoms with Crippen LogP contribution in [0, 0.1) is 20.8 Å². The van der Waals surface area contributed by atoms with Gasteiger partial charge in [0.25, 0.3) is 5.56 Å². The Balaban J connectivity index is 1.62. The van der Waals surface area contributed by atoms with Crippen molar-refractivity contribution in [2.24, 2.45) is 0 Å². The highest BCUT2D eigenvalue weighted by Crippen LogP contribution is 2.22. The molecule has 4 rings (SSSR count). The molecule has 1 aromatic carbocycles. The lowest BCUT2D eigenvalue weighted by molar-refractivity contribution is -0.117. The van der Waals surface area contributed by atoms with Crippen LogP contribution in [0.1, 0.15) is 17.1 Å². The van der Waals surface area contributed by atoms with E-state index in [9.17, 15) is 9.59 Å². The zero-order valence-electron chi connectivity index (χ0n) is 16.4. The normalized spacial score (nSPS) is 11.0. The van der Waals surface area contributed by atoms with E-state index in [1.54, 1.807) is 10.7 Å². The Hall–Kier alpha value is -3.81. The lowest BCUT2D eigenvalue weighted by atomic mass is 10.1. The first kappa shape index (κ1) is 18.5. The van der Waals surface area contributed by atoms with Gasteiger partial charge in [-0.05, 0) is 45.0 Å². The first-order chi connectivity index (χ1) is 13.9. The fourth-order valence-electron chi connectivity index (χ4n) is 3.26. The number of carbonyl (C=O) groups excluding carboxylic acids is 1. The fraction of sp³-hybridized carbons (Fsp3) is 0.190. The molecule has 8 heteroatoms. The van der Waals surface area contributed by atoms with E-state index in [1.165, 1.54) is 6.07 Å². The van der Waals surface area contributed by atoms with E-state index in [4.69, 9.17) is 0 Å². The highest BCUT2D eigenvalue weighted by atomic mass is 16.2. The second-order valence-corrected chi connectivity index (χ2v) is 6.90. The van der Waals surface area contributed by atoms with Crippen molar-refractivity contribution < 1.29 is 4.79 Å². The summed E-state index contributed by atoms with van der Waals surface area (Å²) in [5.74, 6) is 0.133. The van der Waals surface area contributed by atoms with Gasteiger partial charge in [-0.1, -0.05) is 18.2 Å². The Morgan fingerprint density at radius 1 is 1.00 bits per heavy atom. The van der Waals surface area contributed by atoms with Crippen LogP contribution in [-0.2, 0) is 11.3 Å². The smallest absolute Gasteiger partial charge is 0.267 e. The molecule has 0 saturated heterocycles. The summed E-state index contributed by atoms with van der Waals surface area (Å²) in [4.78, 5) is 29.4. The summed E-state index contributed by atoms with van der Waals surface area (Å²) in [6.07, 6.45) is 0. The highest BCUT2D eigenvalue weighted by molar-refractivity contribution is 6.00. The van der Waals surface area contributed by atoms with Crippen molar-refractivity contribution >= 4 is 22.5 Å². The molecule has 3 heterocycles. The molecule has 0 aliphatic carbocycles.